The first-order chi connectivity index (χ1) is 11.8. The van der Waals surface area contributed by atoms with Crippen molar-refractivity contribution in [1.29, 1.82) is 0 Å². The van der Waals surface area contributed by atoms with E-state index in [1.165, 1.54) is 58.3 Å². The van der Waals surface area contributed by atoms with Crippen molar-refractivity contribution >= 4 is 6.09 Å². The quantitative estimate of drug-likeness (QED) is 0.781. The lowest BCUT2D eigenvalue weighted by Crippen LogP contribution is -2.52. The first-order valence-electron chi connectivity index (χ1n) is 10.3. The van der Waals surface area contributed by atoms with E-state index in [-0.39, 0.29) is 6.09 Å². The molecule has 2 saturated carbocycles. The molecule has 0 aromatic rings. The lowest BCUT2D eigenvalue weighted by Gasteiger charge is -2.40. The van der Waals surface area contributed by atoms with Crippen molar-refractivity contribution in [2.75, 3.05) is 33.2 Å². The standard InChI is InChI=1S/C20H37N3O2/c1-20(2,3)25-19(24)21(4)17-9-10-18(15-17)23-13-11-22(12-14-23)16-7-5-6-8-16/h16-18H,5-15H2,1-4H3/t17-,18+/m0/s1. The van der Waals surface area contributed by atoms with E-state index in [1.807, 2.05) is 32.7 Å². The molecule has 3 rings (SSSR count). The van der Waals surface area contributed by atoms with Crippen LogP contribution in [0.5, 0.6) is 0 Å². The molecule has 0 bridgehead atoms. The van der Waals surface area contributed by atoms with Crippen LogP contribution in [0.25, 0.3) is 0 Å². The summed E-state index contributed by atoms with van der Waals surface area (Å²) in [5.74, 6) is 0. The fraction of sp³-hybridized carbons (Fsp3) is 0.950. The van der Waals surface area contributed by atoms with Crippen molar-refractivity contribution in [1.82, 2.24) is 14.7 Å². The van der Waals surface area contributed by atoms with E-state index in [0.717, 1.165) is 18.9 Å². The van der Waals surface area contributed by atoms with E-state index in [4.69, 9.17) is 4.74 Å². The van der Waals surface area contributed by atoms with E-state index in [2.05, 4.69) is 9.80 Å². The summed E-state index contributed by atoms with van der Waals surface area (Å²) in [6.07, 6.45) is 8.89. The van der Waals surface area contributed by atoms with Crippen LogP contribution in [0.2, 0.25) is 0 Å². The molecule has 0 unspecified atom stereocenters. The van der Waals surface area contributed by atoms with Crippen LogP contribution in [0, 0.1) is 0 Å². The Kier molecular flexibility index (Phi) is 5.94. The molecule has 0 spiro atoms. The number of rotatable bonds is 3. The molecular weight excluding hydrogens is 314 g/mol. The predicted octanol–water partition coefficient (Wildman–Crippen LogP) is 3.33. The van der Waals surface area contributed by atoms with Crippen LogP contribution >= 0.6 is 0 Å². The van der Waals surface area contributed by atoms with Crippen LogP contribution in [-0.4, -0.2) is 77.7 Å². The minimum absolute atomic E-state index is 0.177. The molecule has 0 N–H and O–H groups in total. The van der Waals surface area contributed by atoms with Gasteiger partial charge in [0.1, 0.15) is 5.60 Å². The van der Waals surface area contributed by atoms with Gasteiger partial charge in [-0.1, -0.05) is 12.8 Å². The zero-order valence-corrected chi connectivity index (χ0v) is 16.7. The molecule has 144 valence electrons. The van der Waals surface area contributed by atoms with E-state index < -0.39 is 5.60 Å². The van der Waals surface area contributed by atoms with Crippen molar-refractivity contribution in [2.24, 2.45) is 0 Å². The van der Waals surface area contributed by atoms with Crippen LogP contribution in [-0.2, 0) is 4.74 Å². The van der Waals surface area contributed by atoms with E-state index in [0.29, 0.717) is 12.1 Å². The number of ether oxygens (including phenoxy) is 1. The Balaban J connectivity index is 1.44. The number of piperazine rings is 1. The van der Waals surface area contributed by atoms with Crippen LogP contribution in [0.4, 0.5) is 4.79 Å². The Hall–Kier alpha value is -0.810. The Morgan fingerprint density at radius 2 is 1.48 bits per heavy atom. The van der Waals surface area contributed by atoms with Gasteiger partial charge in [0.15, 0.2) is 0 Å². The Morgan fingerprint density at radius 1 is 0.920 bits per heavy atom. The number of carbonyl (C=O) groups excluding carboxylic acids is 1. The summed E-state index contributed by atoms with van der Waals surface area (Å²) >= 11 is 0. The molecule has 0 aromatic carbocycles. The van der Waals surface area contributed by atoms with Gasteiger partial charge < -0.3 is 9.64 Å². The normalized spacial score (nSPS) is 29.9. The Labute approximate surface area is 153 Å². The highest BCUT2D eigenvalue weighted by atomic mass is 16.6. The monoisotopic (exact) mass is 351 g/mol. The molecule has 25 heavy (non-hydrogen) atoms. The van der Waals surface area contributed by atoms with Gasteiger partial charge in [-0.2, -0.15) is 0 Å². The first-order valence-corrected chi connectivity index (χ1v) is 10.3. The summed E-state index contributed by atoms with van der Waals surface area (Å²) in [6.45, 7) is 10.6. The molecule has 1 heterocycles. The summed E-state index contributed by atoms with van der Waals surface area (Å²) in [5, 5.41) is 0. The lowest BCUT2D eigenvalue weighted by molar-refractivity contribution is 0.0212. The van der Waals surface area contributed by atoms with E-state index in [1.54, 1.807) is 0 Å². The number of hydrogen-bond donors (Lipinski definition) is 0. The van der Waals surface area contributed by atoms with Crippen molar-refractivity contribution in [3.63, 3.8) is 0 Å². The maximum atomic E-state index is 12.3. The van der Waals surface area contributed by atoms with Crippen molar-refractivity contribution in [3.05, 3.63) is 0 Å². The van der Waals surface area contributed by atoms with Crippen molar-refractivity contribution < 1.29 is 9.53 Å². The van der Waals surface area contributed by atoms with E-state index in [9.17, 15) is 4.79 Å². The third-order valence-electron chi connectivity index (χ3n) is 6.31. The third-order valence-corrected chi connectivity index (χ3v) is 6.31. The molecule has 3 aliphatic rings. The maximum Gasteiger partial charge on any atom is 0.410 e. The van der Waals surface area contributed by atoms with Crippen molar-refractivity contribution in [2.45, 2.75) is 89.4 Å². The van der Waals surface area contributed by atoms with Gasteiger partial charge in [0.05, 0.1) is 0 Å². The molecule has 1 aliphatic heterocycles. The predicted molar refractivity (Wildman–Crippen MR) is 101 cm³/mol. The Morgan fingerprint density at radius 3 is 2.04 bits per heavy atom. The van der Waals surface area contributed by atoms with E-state index >= 15 is 0 Å². The summed E-state index contributed by atoms with van der Waals surface area (Å²) in [4.78, 5) is 19.5. The lowest BCUT2D eigenvalue weighted by atomic mass is 10.1. The number of amides is 1. The molecular formula is C20H37N3O2. The minimum Gasteiger partial charge on any atom is -0.444 e. The zero-order valence-electron chi connectivity index (χ0n) is 16.7. The highest BCUT2D eigenvalue weighted by molar-refractivity contribution is 5.68. The highest BCUT2D eigenvalue weighted by Crippen LogP contribution is 2.30. The van der Waals surface area contributed by atoms with Crippen LogP contribution in [0.15, 0.2) is 0 Å². The molecule has 2 atom stereocenters. The molecule has 5 nitrogen and oxygen atoms in total. The number of hydrogen-bond acceptors (Lipinski definition) is 4. The fourth-order valence-electron chi connectivity index (χ4n) is 4.84. The first kappa shape index (κ1) is 19.0. The Bertz CT molecular complexity index is 448. The van der Waals surface area contributed by atoms with Gasteiger partial charge >= 0.3 is 6.09 Å². The molecule has 3 fully saturated rings. The van der Waals surface area contributed by atoms with Gasteiger partial charge in [0.25, 0.3) is 0 Å². The zero-order chi connectivity index (χ0) is 18.0. The highest BCUT2D eigenvalue weighted by Gasteiger charge is 2.36. The summed E-state index contributed by atoms with van der Waals surface area (Å²) in [6, 6.07) is 1.82. The SMILES string of the molecule is CN(C(=O)OC(C)(C)C)[C@H]1CC[C@@H](N2CCN(C3CCCC3)CC2)C1. The topological polar surface area (TPSA) is 36.0 Å². The van der Waals surface area contributed by atoms with Gasteiger partial charge in [-0.05, 0) is 52.9 Å². The van der Waals surface area contributed by atoms with Gasteiger partial charge in [-0.3, -0.25) is 9.80 Å². The summed E-state index contributed by atoms with van der Waals surface area (Å²) < 4.78 is 5.53. The average molecular weight is 352 g/mol. The van der Waals surface area contributed by atoms with Crippen LogP contribution < -0.4 is 0 Å². The van der Waals surface area contributed by atoms with Gasteiger partial charge in [-0.15, -0.1) is 0 Å². The van der Waals surface area contributed by atoms with Gasteiger partial charge in [0, 0.05) is 51.4 Å². The fourth-order valence-corrected chi connectivity index (χ4v) is 4.84. The second kappa shape index (κ2) is 7.83. The number of carbonyl (C=O) groups is 1. The second-order valence-electron chi connectivity index (χ2n) is 9.22. The number of nitrogens with zero attached hydrogens (tertiary/aromatic N) is 3. The molecule has 5 heteroatoms. The van der Waals surface area contributed by atoms with Gasteiger partial charge in [0.2, 0.25) is 0 Å². The molecule has 0 radical (unpaired) electrons. The summed E-state index contributed by atoms with van der Waals surface area (Å²) in [5.41, 5.74) is -0.417. The third kappa shape index (κ3) is 4.88. The van der Waals surface area contributed by atoms with Crippen LogP contribution in [0.3, 0.4) is 0 Å². The minimum atomic E-state index is -0.417. The largest absolute Gasteiger partial charge is 0.444 e. The molecule has 1 amide bonds. The van der Waals surface area contributed by atoms with Crippen LogP contribution in [0.1, 0.15) is 65.7 Å². The molecule has 1 saturated heterocycles. The molecule has 2 aliphatic carbocycles. The second-order valence-corrected chi connectivity index (χ2v) is 9.22. The average Bonchev–Trinajstić information content (AvgIpc) is 3.24. The summed E-state index contributed by atoms with van der Waals surface area (Å²) in [7, 11) is 1.90. The molecule has 0 aromatic heterocycles. The maximum absolute atomic E-state index is 12.3. The van der Waals surface area contributed by atoms with Crippen molar-refractivity contribution in [3.8, 4) is 0 Å². The van der Waals surface area contributed by atoms with Gasteiger partial charge in [-0.25, -0.2) is 4.79 Å². The smallest absolute Gasteiger partial charge is 0.410 e.